The van der Waals surface area contributed by atoms with Crippen LogP contribution in [0, 0.1) is 17.8 Å². The predicted molar refractivity (Wildman–Crippen MR) is 64.1 cm³/mol. The molecule has 0 amide bonds. The van der Waals surface area contributed by atoms with Crippen LogP contribution in [0.25, 0.3) is 0 Å². The Morgan fingerprint density at radius 2 is 2.25 bits per heavy atom. The molecule has 2 aliphatic carbocycles. The smallest absolute Gasteiger partial charge is 0.0950 e. The van der Waals surface area contributed by atoms with Gasteiger partial charge in [0.25, 0.3) is 0 Å². The lowest BCUT2D eigenvalue weighted by Crippen LogP contribution is -2.25. The van der Waals surface area contributed by atoms with Gasteiger partial charge in [-0.1, -0.05) is 13.3 Å². The first-order valence-corrected chi connectivity index (χ1v) is 6.67. The normalized spacial score (nSPS) is 33.7. The summed E-state index contributed by atoms with van der Waals surface area (Å²) >= 11 is 0. The van der Waals surface area contributed by atoms with Crippen molar-refractivity contribution >= 4 is 0 Å². The van der Waals surface area contributed by atoms with Crippen LogP contribution in [-0.2, 0) is 0 Å². The molecule has 0 radical (unpaired) electrons. The molecule has 3 rings (SSSR count). The monoisotopic (exact) mass is 219 g/mol. The van der Waals surface area contributed by atoms with E-state index < -0.39 is 0 Å². The van der Waals surface area contributed by atoms with Crippen LogP contribution in [0.1, 0.15) is 44.2 Å². The first kappa shape index (κ1) is 10.4. The molecule has 3 atom stereocenters. The van der Waals surface area contributed by atoms with Crippen molar-refractivity contribution in [3.05, 3.63) is 24.2 Å². The van der Waals surface area contributed by atoms with Gasteiger partial charge < -0.3 is 9.73 Å². The van der Waals surface area contributed by atoms with E-state index in [9.17, 15) is 0 Å². The highest BCUT2D eigenvalue weighted by atomic mass is 16.3. The quantitative estimate of drug-likeness (QED) is 0.821. The number of hydrogen-bond acceptors (Lipinski definition) is 2. The first-order chi connectivity index (χ1) is 7.92. The molecule has 0 aromatic carbocycles. The molecule has 2 aliphatic rings. The van der Waals surface area contributed by atoms with Crippen molar-refractivity contribution < 1.29 is 4.42 Å². The third kappa shape index (κ3) is 1.69. The minimum atomic E-state index is 0.550. The summed E-state index contributed by atoms with van der Waals surface area (Å²) in [5, 5.41) is 3.70. The molecule has 16 heavy (non-hydrogen) atoms. The molecule has 1 N–H and O–H groups in total. The molecule has 0 aliphatic heterocycles. The van der Waals surface area contributed by atoms with Crippen molar-refractivity contribution in [2.24, 2.45) is 17.8 Å². The van der Waals surface area contributed by atoms with Gasteiger partial charge >= 0.3 is 0 Å². The van der Waals surface area contributed by atoms with Crippen LogP contribution in [0.3, 0.4) is 0 Å². The van der Waals surface area contributed by atoms with Crippen LogP contribution in [-0.4, -0.2) is 6.54 Å². The minimum absolute atomic E-state index is 0.550. The van der Waals surface area contributed by atoms with E-state index in [2.05, 4.69) is 18.3 Å². The van der Waals surface area contributed by atoms with Crippen molar-refractivity contribution in [2.75, 3.05) is 6.54 Å². The highest BCUT2D eigenvalue weighted by Crippen LogP contribution is 2.62. The lowest BCUT2D eigenvalue weighted by Gasteiger charge is -2.19. The molecule has 0 spiro atoms. The van der Waals surface area contributed by atoms with Crippen LogP contribution in [0.2, 0.25) is 0 Å². The van der Waals surface area contributed by atoms with E-state index in [4.69, 9.17) is 4.42 Å². The number of fused-ring (bicyclic) bond motifs is 1. The third-order valence-corrected chi connectivity index (χ3v) is 4.37. The van der Waals surface area contributed by atoms with Gasteiger partial charge in [-0.3, -0.25) is 0 Å². The summed E-state index contributed by atoms with van der Waals surface area (Å²) in [6, 6.07) is 2.68. The van der Waals surface area contributed by atoms with Crippen LogP contribution in [0.5, 0.6) is 0 Å². The van der Waals surface area contributed by atoms with Gasteiger partial charge in [-0.05, 0) is 49.6 Å². The Morgan fingerprint density at radius 3 is 2.88 bits per heavy atom. The van der Waals surface area contributed by atoms with Crippen molar-refractivity contribution in [3.63, 3.8) is 0 Å². The second-order valence-corrected chi connectivity index (χ2v) is 5.32. The molecule has 2 saturated carbocycles. The summed E-state index contributed by atoms with van der Waals surface area (Å²) in [4.78, 5) is 0. The molecule has 2 heteroatoms. The molecule has 0 saturated heterocycles. The number of hydrogen-bond donors (Lipinski definition) is 1. The summed E-state index contributed by atoms with van der Waals surface area (Å²) in [6.45, 7) is 3.35. The Bertz CT molecular complexity index is 323. The SMILES string of the molecule is CCCNC(c1ccoc1)C1C2CCCC21. The number of furan rings is 1. The standard InChI is InChI=1S/C14H21NO/c1-2-7-15-14(10-6-8-16-9-10)13-11-4-3-5-12(11)13/h6,8-9,11-15H,2-5,7H2,1H3. The molecule has 1 aromatic rings. The molecular formula is C14H21NO. The van der Waals surface area contributed by atoms with E-state index in [-0.39, 0.29) is 0 Å². The highest BCUT2D eigenvalue weighted by molar-refractivity contribution is 5.19. The molecule has 88 valence electrons. The molecule has 1 heterocycles. The van der Waals surface area contributed by atoms with Gasteiger partial charge in [-0.2, -0.15) is 0 Å². The Labute approximate surface area is 97.4 Å². The molecule has 2 fully saturated rings. The molecule has 1 aromatic heterocycles. The van der Waals surface area contributed by atoms with Gasteiger partial charge in [0.15, 0.2) is 0 Å². The Kier molecular flexibility index (Phi) is 2.76. The van der Waals surface area contributed by atoms with E-state index in [1.807, 2.05) is 6.26 Å². The van der Waals surface area contributed by atoms with Crippen LogP contribution < -0.4 is 5.32 Å². The maximum Gasteiger partial charge on any atom is 0.0950 e. The highest BCUT2D eigenvalue weighted by Gasteiger charge is 2.56. The Morgan fingerprint density at radius 1 is 1.44 bits per heavy atom. The second-order valence-electron chi connectivity index (χ2n) is 5.32. The summed E-state index contributed by atoms with van der Waals surface area (Å²) in [5.74, 6) is 2.89. The topological polar surface area (TPSA) is 25.2 Å². The van der Waals surface area contributed by atoms with Crippen LogP contribution >= 0.6 is 0 Å². The molecular weight excluding hydrogens is 198 g/mol. The van der Waals surface area contributed by atoms with Crippen LogP contribution in [0.4, 0.5) is 0 Å². The van der Waals surface area contributed by atoms with E-state index in [0.29, 0.717) is 6.04 Å². The summed E-state index contributed by atoms with van der Waals surface area (Å²) in [6.07, 6.45) is 9.29. The largest absolute Gasteiger partial charge is 0.472 e. The van der Waals surface area contributed by atoms with Gasteiger partial charge in [0, 0.05) is 11.6 Å². The number of rotatable bonds is 5. The Balaban J connectivity index is 1.70. The van der Waals surface area contributed by atoms with Crippen molar-refractivity contribution in [2.45, 2.75) is 38.6 Å². The molecule has 3 unspecified atom stereocenters. The summed E-state index contributed by atoms with van der Waals surface area (Å²) < 4.78 is 5.24. The average molecular weight is 219 g/mol. The van der Waals surface area contributed by atoms with Gasteiger partial charge in [0.05, 0.1) is 12.5 Å². The van der Waals surface area contributed by atoms with Gasteiger partial charge in [0.1, 0.15) is 0 Å². The molecule has 2 nitrogen and oxygen atoms in total. The van der Waals surface area contributed by atoms with E-state index in [0.717, 1.165) is 24.3 Å². The van der Waals surface area contributed by atoms with Crippen molar-refractivity contribution in [3.8, 4) is 0 Å². The Hall–Kier alpha value is -0.760. The lowest BCUT2D eigenvalue weighted by molar-refractivity contribution is 0.413. The second kappa shape index (κ2) is 4.25. The van der Waals surface area contributed by atoms with E-state index >= 15 is 0 Å². The van der Waals surface area contributed by atoms with Gasteiger partial charge in [0.2, 0.25) is 0 Å². The summed E-state index contributed by atoms with van der Waals surface area (Å²) in [5.41, 5.74) is 1.35. The zero-order valence-electron chi connectivity index (χ0n) is 9.99. The fourth-order valence-electron chi connectivity index (χ4n) is 3.60. The van der Waals surface area contributed by atoms with E-state index in [1.165, 1.54) is 31.2 Å². The van der Waals surface area contributed by atoms with Gasteiger partial charge in [-0.25, -0.2) is 0 Å². The zero-order chi connectivity index (χ0) is 11.0. The van der Waals surface area contributed by atoms with Crippen molar-refractivity contribution in [1.82, 2.24) is 5.32 Å². The number of nitrogens with one attached hydrogen (secondary N) is 1. The fraction of sp³-hybridized carbons (Fsp3) is 0.714. The maximum absolute atomic E-state index is 5.24. The maximum atomic E-state index is 5.24. The zero-order valence-corrected chi connectivity index (χ0v) is 9.99. The summed E-state index contributed by atoms with van der Waals surface area (Å²) in [7, 11) is 0. The van der Waals surface area contributed by atoms with E-state index in [1.54, 1.807) is 6.26 Å². The van der Waals surface area contributed by atoms with Crippen LogP contribution in [0.15, 0.2) is 23.0 Å². The minimum Gasteiger partial charge on any atom is -0.472 e. The predicted octanol–water partition coefficient (Wildman–Crippen LogP) is 3.37. The third-order valence-electron chi connectivity index (χ3n) is 4.37. The first-order valence-electron chi connectivity index (χ1n) is 6.67. The average Bonchev–Trinajstić information content (AvgIpc) is 2.79. The lowest BCUT2D eigenvalue weighted by atomic mass is 9.99. The van der Waals surface area contributed by atoms with Gasteiger partial charge in [-0.15, -0.1) is 0 Å². The molecule has 0 bridgehead atoms. The van der Waals surface area contributed by atoms with Crippen molar-refractivity contribution in [1.29, 1.82) is 0 Å². The fourth-order valence-corrected chi connectivity index (χ4v) is 3.60.